The first-order chi connectivity index (χ1) is 26.0. The van der Waals surface area contributed by atoms with Gasteiger partial charge in [0.1, 0.15) is 13.2 Å². The summed E-state index contributed by atoms with van der Waals surface area (Å²) in [6.45, 7) is 6.60. The molecule has 1 unspecified atom stereocenters. The molecule has 6 heteroatoms. The van der Waals surface area contributed by atoms with Gasteiger partial charge in [0, 0.05) is 19.3 Å². The summed E-state index contributed by atoms with van der Waals surface area (Å²) < 4.78 is 16.6. The van der Waals surface area contributed by atoms with Crippen molar-refractivity contribution in [2.45, 2.75) is 271 Å². The molecule has 0 amide bonds. The van der Waals surface area contributed by atoms with E-state index >= 15 is 0 Å². The van der Waals surface area contributed by atoms with Gasteiger partial charge in [0.05, 0.1) is 0 Å². The summed E-state index contributed by atoms with van der Waals surface area (Å²) in [5, 5.41) is 0. The molecule has 1 atom stereocenters. The molecular formula is C47H90O6. The zero-order valence-electron chi connectivity index (χ0n) is 35.8. The quantitative estimate of drug-likeness (QED) is 0.0351. The number of ether oxygens (including phenoxy) is 3. The summed E-state index contributed by atoms with van der Waals surface area (Å²) in [6.07, 6.45) is 43.9. The van der Waals surface area contributed by atoms with Crippen molar-refractivity contribution < 1.29 is 28.6 Å². The van der Waals surface area contributed by atoms with E-state index in [4.69, 9.17) is 14.2 Å². The summed E-state index contributed by atoms with van der Waals surface area (Å²) in [4.78, 5) is 37.5. The number of esters is 3. The lowest BCUT2D eigenvalue weighted by atomic mass is 10.0. The third-order valence-corrected chi connectivity index (χ3v) is 10.6. The van der Waals surface area contributed by atoms with Gasteiger partial charge in [0.2, 0.25) is 0 Å². The van der Waals surface area contributed by atoms with Gasteiger partial charge in [-0.2, -0.15) is 0 Å². The third kappa shape index (κ3) is 41.4. The van der Waals surface area contributed by atoms with E-state index in [1.165, 1.54) is 167 Å². The smallest absolute Gasteiger partial charge is 0.306 e. The van der Waals surface area contributed by atoms with Crippen LogP contribution in [-0.4, -0.2) is 37.2 Å². The van der Waals surface area contributed by atoms with Crippen LogP contribution in [0, 0.1) is 0 Å². The highest BCUT2D eigenvalue weighted by Crippen LogP contribution is 2.16. The van der Waals surface area contributed by atoms with Crippen molar-refractivity contribution >= 4 is 17.9 Å². The molecular weight excluding hydrogens is 661 g/mol. The Balaban J connectivity index is 4.12. The maximum Gasteiger partial charge on any atom is 0.306 e. The molecule has 0 aliphatic heterocycles. The topological polar surface area (TPSA) is 78.9 Å². The maximum atomic E-state index is 12.6. The van der Waals surface area contributed by atoms with Gasteiger partial charge in [-0.3, -0.25) is 14.4 Å². The van der Waals surface area contributed by atoms with Crippen molar-refractivity contribution in [2.75, 3.05) is 13.2 Å². The first-order valence-electron chi connectivity index (χ1n) is 23.5. The van der Waals surface area contributed by atoms with Crippen LogP contribution >= 0.6 is 0 Å². The molecule has 0 aliphatic rings. The summed E-state index contributed by atoms with van der Waals surface area (Å²) >= 11 is 0. The third-order valence-electron chi connectivity index (χ3n) is 10.6. The molecule has 0 bridgehead atoms. The Morgan fingerprint density at radius 1 is 0.302 bits per heavy atom. The van der Waals surface area contributed by atoms with E-state index in [1.54, 1.807) is 0 Å². The Kier molecular flexibility index (Phi) is 41.8. The predicted molar refractivity (Wildman–Crippen MR) is 224 cm³/mol. The molecule has 0 N–H and O–H groups in total. The molecule has 0 rings (SSSR count). The fourth-order valence-corrected chi connectivity index (χ4v) is 7.03. The second-order valence-electron chi connectivity index (χ2n) is 16.0. The second-order valence-corrected chi connectivity index (χ2v) is 16.0. The Labute approximate surface area is 329 Å². The van der Waals surface area contributed by atoms with E-state index in [9.17, 15) is 14.4 Å². The van der Waals surface area contributed by atoms with Crippen LogP contribution in [0.1, 0.15) is 265 Å². The van der Waals surface area contributed by atoms with Crippen LogP contribution in [0.4, 0.5) is 0 Å². The summed E-state index contributed by atoms with van der Waals surface area (Å²) in [5.74, 6) is -0.860. The molecule has 0 radical (unpaired) electrons. The average Bonchev–Trinajstić information content (AvgIpc) is 3.15. The van der Waals surface area contributed by atoms with Gasteiger partial charge in [0.15, 0.2) is 6.10 Å². The highest BCUT2D eigenvalue weighted by atomic mass is 16.6. The van der Waals surface area contributed by atoms with Crippen molar-refractivity contribution in [3.8, 4) is 0 Å². The standard InChI is InChI=1S/C47H90O6/c1-4-7-10-13-16-18-19-20-21-22-23-24-25-26-27-29-31-34-37-40-46(49)52-43-44(42-51-45(48)39-36-33-30-15-12-9-6-3)53-47(50)41-38-35-32-28-17-14-11-8-5-2/h44H,4-43H2,1-3H3. The van der Waals surface area contributed by atoms with Crippen molar-refractivity contribution in [3.05, 3.63) is 0 Å². The first-order valence-corrected chi connectivity index (χ1v) is 23.5. The number of hydrogen-bond donors (Lipinski definition) is 0. The van der Waals surface area contributed by atoms with Crippen LogP contribution in [0.5, 0.6) is 0 Å². The number of carbonyl (C=O) groups is 3. The summed E-state index contributed by atoms with van der Waals surface area (Å²) in [5.41, 5.74) is 0. The van der Waals surface area contributed by atoms with E-state index in [1.807, 2.05) is 0 Å². The van der Waals surface area contributed by atoms with Crippen molar-refractivity contribution in [3.63, 3.8) is 0 Å². The molecule has 0 aromatic carbocycles. The molecule has 0 heterocycles. The summed E-state index contributed by atoms with van der Waals surface area (Å²) in [7, 11) is 0. The molecule has 0 aromatic heterocycles. The van der Waals surface area contributed by atoms with E-state index in [0.717, 1.165) is 57.8 Å². The predicted octanol–water partition coefficient (Wildman–Crippen LogP) is 14.9. The van der Waals surface area contributed by atoms with Crippen LogP contribution in [-0.2, 0) is 28.6 Å². The average molecular weight is 751 g/mol. The molecule has 0 saturated heterocycles. The van der Waals surface area contributed by atoms with Gasteiger partial charge in [0.25, 0.3) is 0 Å². The Bertz CT molecular complexity index is 783. The van der Waals surface area contributed by atoms with Crippen LogP contribution < -0.4 is 0 Å². The lowest BCUT2D eigenvalue weighted by Gasteiger charge is -2.18. The normalized spacial score (nSPS) is 11.8. The first kappa shape index (κ1) is 51.4. The van der Waals surface area contributed by atoms with Crippen LogP contribution in [0.25, 0.3) is 0 Å². The molecule has 0 aliphatic carbocycles. The molecule has 0 aromatic rings. The number of rotatable bonds is 43. The lowest BCUT2D eigenvalue weighted by molar-refractivity contribution is -0.167. The minimum atomic E-state index is -0.756. The minimum Gasteiger partial charge on any atom is -0.462 e. The van der Waals surface area contributed by atoms with Gasteiger partial charge in [-0.25, -0.2) is 0 Å². The van der Waals surface area contributed by atoms with E-state index in [2.05, 4.69) is 20.8 Å². The largest absolute Gasteiger partial charge is 0.462 e. The highest BCUT2D eigenvalue weighted by Gasteiger charge is 2.19. The number of hydrogen-bond acceptors (Lipinski definition) is 6. The fourth-order valence-electron chi connectivity index (χ4n) is 7.03. The second kappa shape index (κ2) is 43.1. The number of carbonyl (C=O) groups excluding carboxylic acids is 3. The molecule has 6 nitrogen and oxygen atoms in total. The van der Waals surface area contributed by atoms with Crippen LogP contribution in [0.2, 0.25) is 0 Å². The Hall–Kier alpha value is -1.59. The minimum absolute atomic E-state index is 0.0633. The lowest BCUT2D eigenvalue weighted by Crippen LogP contribution is -2.30. The Morgan fingerprint density at radius 2 is 0.509 bits per heavy atom. The van der Waals surface area contributed by atoms with Gasteiger partial charge in [-0.1, -0.05) is 226 Å². The molecule has 53 heavy (non-hydrogen) atoms. The van der Waals surface area contributed by atoms with E-state index < -0.39 is 6.10 Å². The van der Waals surface area contributed by atoms with Crippen molar-refractivity contribution in [2.24, 2.45) is 0 Å². The molecule has 0 fully saturated rings. The van der Waals surface area contributed by atoms with E-state index in [-0.39, 0.29) is 31.1 Å². The zero-order valence-corrected chi connectivity index (χ0v) is 35.8. The van der Waals surface area contributed by atoms with Gasteiger partial charge >= 0.3 is 17.9 Å². The van der Waals surface area contributed by atoms with Crippen molar-refractivity contribution in [1.82, 2.24) is 0 Å². The van der Waals surface area contributed by atoms with Gasteiger partial charge in [-0.05, 0) is 19.3 Å². The zero-order chi connectivity index (χ0) is 38.7. The molecule has 0 saturated carbocycles. The summed E-state index contributed by atoms with van der Waals surface area (Å²) in [6, 6.07) is 0. The van der Waals surface area contributed by atoms with E-state index in [0.29, 0.717) is 19.3 Å². The molecule has 314 valence electrons. The maximum absolute atomic E-state index is 12.6. The Morgan fingerprint density at radius 3 is 0.755 bits per heavy atom. The fraction of sp³-hybridized carbons (Fsp3) is 0.936. The number of unbranched alkanes of at least 4 members (excludes halogenated alkanes) is 32. The van der Waals surface area contributed by atoms with Gasteiger partial charge < -0.3 is 14.2 Å². The van der Waals surface area contributed by atoms with Gasteiger partial charge in [-0.15, -0.1) is 0 Å². The monoisotopic (exact) mass is 751 g/mol. The SMILES string of the molecule is CCCCCCCCCCCCCCCCCCCCCC(=O)OCC(COC(=O)CCCCCCCCC)OC(=O)CCCCCCCCCCC. The highest BCUT2D eigenvalue weighted by molar-refractivity contribution is 5.71. The van der Waals surface area contributed by atoms with Crippen molar-refractivity contribution in [1.29, 1.82) is 0 Å². The molecule has 0 spiro atoms. The van der Waals surface area contributed by atoms with Crippen LogP contribution in [0.3, 0.4) is 0 Å². The van der Waals surface area contributed by atoms with Crippen LogP contribution in [0.15, 0.2) is 0 Å².